The molecule has 1 aliphatic heterocycles. The molecule has 3 aromatic rings. The van der Waals surface area contributed by atoms with Crippen molar-refractivity contribution in [1.82, 2.24) is 4.31 Å². The number of carbonyl (C=O) groups excluding carboxylic acids is 1. The van der Waals surface area contributed by atoms with Gasteiger partial charge in [0.05, 0.1) is 10.9 Å². The standard InChI is InChI=1S/C23H19ClN2O5S/c24-18-6-1-14(2-7-18)15-4-9-20(10-5-15)32(30,31)26-13-17-11-19(25)8-3-16(17)12-21(26)22(27)23(28)29/h1-11,21H,12-13,25H2,(H,28,29)/t21-/m1/s1. The number of nitrogens with zero attached hydrogens (tertiary/aromatic N) is 1. The van der Waals surface area contributed by atoms with Crippen LogP contribution >= 0.6 is 11.6 Å². The normalized spacial score (nSPS) is 16.3. The zero-order valence-electron chi connectivity index (χ0n) is 16.7. The number of benzene rings is 3. The number of rotatable bonds is 5. The third-order valence-corrected chi connectivity index (χ3v) is 7.59. The van der Waals surface area contributed by atoms with Gasteiger partial charge in [-0.15, -0.1) is 0 Å². The van der Waals surface area contributed by atoms with Crippen molar-refractivity contribution in [2.24, 2.45) is 0 Å². The van der Waals surface area contributed by atoms with E-state index in [-0.39, 0.29) is 17.9 Å². The van der Waals surface area contributed by atoms with Crippen LogP contribution in [0.15, 0.2) is 71.6 Å². The van der Waals surface area contributed by atoms with Crippen LogP contribution in [-0.2, 0) is 32.6 Å². The van der Waals surface area contributed by atoms with Gasteiger partial charge in [0, 0.05) is 17.3 Å². The predicted molar refractivity (Wildman–Crippen MR) is 121 cm³/mol. The molecule has 0 bridgehead atoms. The first-order valence-electron chi connectivity index (χ1n) is 9.69. The molecule has 0 aliphatic carbocycles. The molecule has 0 spiro atoms. The summed E-state index contributed by atoms with van der Waals surface area (Å²) in [6.45, 7) is -0.147. The van der Waals surface area contributed by atoms with E-state index in [4.69, 9.17) is 17.3 Å². The molecule has 0 aromatic heterocycles. The quantitative estimate of drug-likeness (QED) is 0.436. The highest BCUT2D eigenvalue weighted by Gasteiger charge is 2.41. The van der Waals surface area contributed by atoms with Crippen molar-refractivity contribution >= 4 is 39.1 Å². The first kappa shape index (κ1) is 22.0. The van der Waals surface area contributed by atoms with Crippen molar-refractivity contribution in [3.63, 3.8) is 0 Å². The summed E-state index contributed by atoms with van der Waals surface area (Å²) < 4.78 is 27.8. The van der Waals surface area contributed by atoms with Gasteiger partial charge < -0.3 is 10.8 Å². The first-order chi connectivity index (χ1) is 15.2. The Labute approximate surface area is 190 Å². The number of fused-ring (bicyclic) bond motifs is 1. The van der Waals surface area contributed by atoms with E-state index in [1.165, 1.54) is 12.1 Å². The van der Waals surface area contributed by atoms with Gasteiger partial charge in [-0.05, 0) is 65.1 Å². The topological polar surface area (TPSA) is 118 Å². The molecule has 32 heavy (non-hydrogen) atoms. The van der Waals surface area contributed by atoms with Gasteiger partial charge in [-0.1, -0.05) is 41.9 Å². The molecule has 9 heteroatoms. The van der Waals surface area contributed by atoms with Crippen LogP contribution < -0.4 is 5.73 Å². The van der Waals surface area contributed by atoms with E-state index in [1.54, 1.807) is 42.5 Å². The molecular weight excluding hydrogens is 452 g/mol. The average molecular weight is 471 g/mol. The maximum Gasteiger partial charge on any atom is 0.373 e. The van der Waals surface area contributed by atoms with Crippen molar-refractivity contribution in [2.45, 2.75) is 23.9 Å². The lowest BCUT2D eigenvalue weighted by Gasteiger charge is -2.34. The molecule has 3 aromatic carbocycles. The van der Waals surface area contributed by atoms with Gasteiger partial charge >= 0.3 is 5.97 Å². The van der Waals surface area contributed by atoms with Gasteiger partial charge in [0.25, 0.3) is 5.78 Å². The Morgan fingerprint density at radius 3 is 2.12 bits per heavy atom. The van der Waals surface area contributed by atoms with Gasteiger partial charge in [-0.3, -0.25) is 4.79 Å². The van der Waals surface area contributed by atoms with Crippen LogP contribution in [0.25, 0.3) is 11.1 Å². The number of carboxylic acid groups (broad SMARTS) is 1. The molecule has 7 nitrogen and oxygen atoms in total. The van der Waals surface area contributed by atoms with E-state index in [2.05, 4.69) is 0 Å². The van der Waals surface area contributed by atoms with Crippen LogP contribution in [0.5, 0.6) is 0 Å². The van der Waals surface area contributed by atoms with Gasteiger partial charge in [-0.2, -0.15) is 4.31 Å². The molecule has 0 unspecified atom stereocenters. The number of carboxylic acids is 1. The monoisotopic (exact) mass is 470 g/mol. The van der Waals surface area contributed by atoms with Crippen LogP contribution in [0.1, 0.15) is 11.1 Å². The summed E-state index contributed by atoms with van der Waals surface area (Å²) in [7, 11) is -4.16. The summed E-state index contributed by atoms with van der Waals surface area (Å²) in [6, 6.07) is 16.9. The van der Waals surface area contributed by atoms with E-state index in [9.17, 15) is 23.1 Å². The molecule has 0 saturated carbocycles. The van der Waals surface area contributed by atoms with Crippen molar-refractivity contribution in [3.8, 4) is 11.1 Å². The smallest absolute Gasteiger partial charge is 0.373 e. The molecule has 1 heterocycles. The summed E-state index contributed by atoms with van der Waals surface area (Å²) in [5.74, 6) is -2.85. The number of Topliss-reactive ketones (excluding diaryl/α,β-unsaturated/α-hetero) is 1. The second-order valence-corrected chi connectivity index (χ2v) is 9.83. The number of anilines is 1. The summed E-state index contributed by atoms with van der Waals surface area (Å²) >= 11 is 5.92. The zero-order chi connectivity index (χ0) is 23.0. The lowest BCUT2D eigenvalue weighted by atomic mass is 9.93. The van der Waals surface area contributed by atoms with E-state index in [1.807, 2.05) is 12.1 Å². The Balaban J connectivity index is 1.72. The SMILES string of the molecule is Nc1ccc2c(c1)CN(S(=O)(=O)c1ccc(-c3ccc(Cl)cc3)cc1)[C@@H](C(=O)C(=O)O)C2. The summed E-state index contributed by atoms with van der Waals surface area (Å²) in [6.07, 6.45) is -0.0389. The van der Waals surface area contributed by atoms with Gasteiger partial charge in [0.2, 0.25) is 10.0 Å². The maximum absolute atomic E-state index is 13.4. The van der Waals surface area contributed by atoms with Crippen LogP contribution in [-0.4, -0.2) is 35.6 Å². The molecule has 1 atom stereocenters. The zero-order valence-corrected chi connectivity index (χ0v) is 18.3. The number of halogens is 1. The summed E-state index contributed by atoms with van der Waals surface area (Å²) in [5, 5.41) is 9.85. The Hall–Kier alpha value is -3.20. The fourth-order valence-corrected chi connectivity index (χ4v) is 5.49. The molecule has 0 fully saturated rings. The van der Waals surface area contributed by atoms with E-state index in [0.717, 1.165) is 15.4 Å². The number of nitrogens with two attached hydrogens (primary N) is 1. The molecule has 164 valence electrons. The van der Waals surface area contributed by atoms with Crippen LogP contribution in [0.2, 0.25) is 5.02 Å². The van der Waals surface area contributed by atoms with Crippen LogP contribution in [0.3, 0.4) is 0 Å². The van der Waals surface area contributed by atoms with Crippen molar-refractivity contribution in [1.29, 1.82) is 0 Å². The molecule has 0 radical (unpaired) electrons. The fraction of sp³-hybridized carbons (Fsp3) is 0.130. The molecule has 0 amide bonds. The lowest BCUT2D eigenvalue weighted by molar-refractivity contribution is -0.151. The largest absolute Gasteiger partial charge is 0.475 e. The second-order valence-electron chi connectivity index (χ2n) is 7.50. The minimum Gasteiger partial charge on any atom is -0.475 e. The van der Waals surface area contributed by atoms with Gasteiger partial charge in [-0.25, -0.2) is 13.2 Å². The fourth-order valence-electron chi connectivity index (χ4n) is 3.80. The van der Waals surface area contributed by atoms with Crippen molar-refractivity contribution < 1.29 is 23.1 Å². The minimum atomic E-state index is -4.16. The van der Waals surface area contributed by atoms with E-state index in [0.29, 0.717) is 21.8 Å². The Morgan fingerprint density at radius 1 is 0.938 bits per heavy atom. The van der Waals surface area contributed by atoms with E-state index >= 15 is 0 Å². The molecular formula is C23H19ClN2O5S. The number of aliphatic carboxylic acids is 1. The Kier molecular flexibility index (Phi) is 5.77. The van der Waals surface area contributed by atoms with Gasteiger partial charge in [0.1, 0.15) is 0 Å². The molecule has 3 N–H and O–H groups in total. The number of hydrogen-bond donors (Lipinski definition) is 2. The van der Waals surface area contributed by atoms with Crippen molar-refractivity contribution in [3.05, 3.63) is 82.9 Å². The van der Waals surface area contributed by atoms with Crippen LogP contribution in [0.4, 0.5) is 5.69 Å². The Morgan fingerprint density at radius 2 is 1.53 bits per heavy atom. The molecule has 1 aliphatic rings. The highest BCUT2D eigenvalue weighted by Crippen LogP contribution is 2.32. The van der Waals surface area contributed by atoms with E-state index < -0.39 is 27.8 Å². The predicted octanol–water partition coefficient (Wildman–Crippen LogP) is 3.36. The van der Waals surface area contributed by atoms with Gasteiger partial charge in [0.15, 0.2) is 0 Å². The van der Waals surface area contributed by atoms with Crippen LogP contribution in [0, 0.1) is 0 Å². The van der Waals surface area contributed by atoms with Crippen molar-refractivity contribution in [2.75, 3.05) is 5.73 Å². The summed E-state index contributed by atoms with van der Waals surface area (Å²) in [5.41, 5.74) is 9.27. The number of nitrogen functional groups attached to an aromatic ring is 1. The lowest BCUT2D eigenvalue weighted by Crippen LogP contribution is -2.50. The highest BCUT2D eigenvalue weighted by atomic mass is 35.5. The maximum atomic E-state index is 13.4. The number of ketones is 1. The highest BCUT2D eigenvalue weighted by molar-refractivity contribution is 7.89. The molecule has 4 rings (SSSR count). The third kappa shape index (κ3) is 4.12. The Bertz CT molecular complexity index is 1310. The minimum absolute atomic E-state index is 0.0363. The third-order valence-electron chi connectivity index (χ3n) is 5.47. The number of hydrogen-bond acceptors (Lipinski definition) is 5. The number of carbonyl (C=O) groups is 2. The summed E-state index contributed by atoms with van der Waals surface area (Å²) in [4.78, 5) is 23.8. The second kappa shape index (κ2) is 8.38. The first-order valence-corrected chi connectivity index (χ1v) is 11.5. The average Bonchev–Trinajstić information content (AvgIpc) is 2.78. The molecule has 0 saturated heterocycles. The number of sulfonamides is 1.